The van der Waals surface area contributed by atoms with Crippen LogP contribution in [-0.2, 0) is 10.0 Å². The molecule has 146 valence electrons. The third-order valence-electron chi connectivity index (χ3n) is 4.40. The average molecular weight is 407 g/mol. The predicted molar refractivity (Wildman–Crippen MR) is 112 cm³/mol. The molecule has 1 aromatic heterocycles. The molecule has 0 unspecified atom stereocenters. The minimum absolute atomic E-state index is 0.133. The lowest BCUT2D eigenvalue weighted by Gasteiger charge is -2.09. The molecule has 7 nitrogen and oxygen atoms in total. The van der Waals surface area contributed by atoms with E-state index in [4.69, 9.17) is 5.11 Å². The van der Waals surface area contributed by atoms with Crippen molar-refractivity contribution in [1.29, 1.82) is 0 Å². The fraction of sp³-hybridized carbons (Fsp3) is 0.0476. The number of H-pyrrole nitrogens is 1. The van der Waals surface area contributed by atoms with Crippen molar-refractivity contribution in [3.63, 3.8) is 0 Å². The quantitative estimate of drug-likeness (QED) is 0.417. The zero-order valence-corrected chi connectivity index (χ0v) is 16.2. The maximum absolute atomic E-state index is 11.5. The predicted octanol–water partition coefficient (Wildman–Crippen LogP) is 3.97. The molecule has 0 bridgehead atoms. The van der Waals surface area contributed by atoms with E-state index in [1.807, 2.05) is 0 Å². The zero-order valence-electron chi connectivity index (χ0n) is 15.4. The summed E-state index contributed by atoms with van der Waals surface area (Å²) in [5, 5.41) is 16.8. The number of carbonyl (C=O) groups is 1. The van der Waals surface area contributed by atoms with E-state index in [1.165, 1.54) is 23.3 Å². The van der Waals surface area contributed by atoms with E-state index in [1.54, 1.807) is 30.3 Å². The molecule has 0 fully saturated rings. The number of sulfonamides is 1. The molecule has 3 aromatic rings. The fourth-order valence-electron chi connectivity index (χ4n) is 3.01. The SMILES string of the molecule is CS(=O)(=O)Nc1ccccc1-c1n[nH]c2ccc(C(=O)O)cc12.c1cc2cc-2c1. The topological polar surface area (TPSA) is 112 Å². The van der Waals surface area contributed by atoms with Gasteiger partial charge in [0.15, 0.2) is 0 Å². The van der Waals surface area contributed by atoms with Gasteiger partial charge >= 0.3 is 5.97 Å². The number of carboxylic acids is 1. The van der Waals surface area contributed by atoms with Crippen LogP contribution in [0.1, 0.15) is 10.4 Å². The van der Waals surface area contributed by atoms with Crippen LogP contribution in [0.4, 0.5) is 5.69 Å². The number of para-hydroxylation sites is 1. The molecular weight excluding hydrogens is 390 g/mol. The van der Waals surface area contributed by atoms with E-state index >= 15 is 0 Å². The molecule has 0 radical (unpaired) electrons. The van der Waals surface area contributed by atoms with Gasteiger partial charge in [0.05, 0.1) is 23.0 Å². The Morgan fingerprint density at radius 2 is 1.72 bits per heavy atom. The summed E-state index contributed by atoms with van der Waals surface area (Å²) in [6, 6.07) is 19.9. The van der Waals surface area contributed by atoms with Crippen LogP contribution < -0.4 is 4.72 Å². The van der Waals surface area contributed by atoms with Gasteiger partial charge in [0, 0.05) is 10.9 Å². The number of aromatic nitrogens is 2. The highest BCUT2D eigenvalue weighted by atomic mass is 32.2. The van der Waals surface area contributed by atoms with Crippen LogP contribution in [-0.4, -0.2) is 35.9 Å². The molecule has 1 heterocycles. The Kier molecular flexibility index (Phi) is 4.56. The standard InChI is InChI=1S/C15H13N3O4S.C6H4/c1-23(21,22)18-13-5-3-2-4-10(13)14-11-8-9(15(19)20)6-7-12(11)16-17-14;1-2-5-4-6(5)3-1/h2-8,18H,1H3,(H,16,17)(H,19,20);1-4H. The Bertz CT molecular complexity index is 1330. The smallest absolute Gasteiger partial charge is 0.335 e. The molecule has 2 aliphatic rings. The first-order valence-corrected chi connectivity index (χ1v) is 10.6. The van der Waals surface area contributed by atoms with E-state index in [0.29, 0.717) is 27.8 Å². The van der Waals surface area contributed by atoms with E-state index in [2.05, 4.69) is 39.2 Å². The average Bonchev–Trinajstić information content (AvgIpc) is 3.08. The number of benzene rings is 3. The first kappa shape index (κ1) is 18.7. The van der Waals surface area contributed by atoms with E-state index in [-0.39, 0.29) is 5.56 Å². The van der Waals surface area contributed by atoms with E-state index < -0.39 is 16.0 Å². The van der Waals surface area contributed by atoms with Crippen molar-refractivity contribution in [3.8, 4) is 22.4 Å². The summed E-state index contributed by atoms with van der Waals surface area (Å²) in [4.78, 5) is 11.1. The Hall–Kier alpha value is -3.65. The minimum Gasteiger partial charge on any atom is -0.478 e. The van der Waals surface area contributed by atoms with Crippen LogP contribution in [0.5, 0.6) is 0 Å². The third kappa shape index (κ3) is 4.12. The van der Waals surface area contributed by atoms with Crippen LogP contribution in [0.2, 0.25) is 0 Å². The van der Waals surface area contributed by atoms with E-state index in [9.17, 15) is 13.2 Å². The highest BCUT2D eigenvalue weighted by Gasteiger charge is 2.15. The Morgan fingerprint density at radius 3 is 2.31 bits per heavy atom. The number of rotatable bonds is 4. The number of aromatic amines is 1. The molecule has 0 saturated carbocycles. The number of carboxylic acid groups (broad SMARTS) is 1. The van der Waals surface area contributed by atoms with Crippen molar-refractivity contribution in [3.05, 3.63) is 72.3 Å². The summed E-state index contributed by atoms with van der Waals surface area (Å²) in [7, 11) is -3.45. The van der Waals surface area contributed by atoms with Crippen molar-refractivity contribution in [2.45, 2.75) is 0 Å². The number of hydrogen-bond donors (Lipinski definition) is 3. The first-order valence-electron chi connectivity index (χ1n) is 8.71. The van der Waals surface area contributed by atoms with Crippen LogP contribution in [0, 0.1) is 0 Å². The monoisotopic (exact) mass is 407 g/mol. The number of nitrogens with one attached hydrogen (secondary N) is 2. The van der Waals surface area contributed by atoms with Gasteiger partial charge in [-0.1, -0.05) is 36.4 Å². The van der Waals surface area contributed by atoms with Crippen LogP contribution in [0.25, 0.3) is 33.3 Å². The second kappa shape index (κ2) is 7.06. The third-order valence-corrected chi connectivity index (χ3v) is 4.99. The van der Waals surface area contributed by atoms with Gasteiger partial charge in [-0.2, -0.15) is 5.10 Å². The van der Waals surface area contributed by atoms with E-state index in [0.717, 1.165) is 6.26 Å². The van der Waals surface area contributed by atoms with Gasteiger partial charge in [0.2, 0.25) is 10.0 Å². The highest BCUT2D eigenvalue weighted by Crippen LogP contribution is 2.33. The molecule has 2 aliphatic carbocycles. The molecule has 8 heteroatoms. The molecule has 2 aromatic carbocycles. The molecular formula is C21H17N3O4S. The van der Waals surface area contributed by atoms with Gasteiger partial charge in [0.1, 0.15) is 5.69 Å². The second-order valence-electron chi connectivity index (χ2n) is 6.64. The molecule has 3 N–H and O–H groups in total. The van der Waals surface area contributed by atoms with Crippen molar-refractivity contribution in [2.24, 2.45) is 0 Å². The maximum Gasteiger partial charge on any atom is 0.335 e. The molecule has 29 heavy (non-hydrogen) atoms. The first-order chi connectivity index (χ1) is 13.8. The van der Waals surface area contributed by atoms with Crippen LogP contribution in [0.3, 0.4) is 0 Å². The summed E-state index contributed by atoms with van der Waals surface area (Å²) in [6.45, 7) is 0. The highest BCUT2D eigenvalue weighted by molar-refractivity contribution is 7.92. The number of anilines is 1. The summed E-state index contributed by atoms with van der Waals surface area (Å²) in [5.74, 6) is -1.04. The zero-order chi connectivity index (χ0) is 20.6. The van der Waals surface area contributed by atoms with Crippen molar-refractivity contribution >= 4 is 32.6 Å². The fourth-order valence-corrected chi connectivity index (χ4v) is 3.58. The van der Waals surface area contributed by atoms with Gasteiger partial charge in [0.25, 0.3) is 0 Å². The molecule has 0 atom stereocenters. The van der Waals surface area contributed by atoms with Crippen LogP contribution in [0.15, 0.2) is 66.7 Å². The number of hydrogen-bond acceptors (Lipinski definition) is 4. The Labute approximate surface area is 167 Å². The van der Waals surface area contributed by atoms with Gasteiger partial charge in [-0.3, -0.25) is 9.82 Å². The molecule has 0 aliphatic heterocycles. The summed E-state index contributed by atoms with van der Waals surface area (Å²) in [5.41, 5.74) is 5.07. The van der Waals surface area contributed by atoms with Gasteiger partial charge in [-0.15, -0.1) is 0 Å². The lowest BCUT2D eigenvalue weighted by Crippen LogP contribution is -2.10. The maximum atomic E-state index is 11.5. The number of nitrogens with zero attached hydrogens (tertiary/aromatic N) is 1. The van der Waals surface area contributed by atoms with Gasteiger partial charge in [-0.25, -0.2) is 13.2 Å². The summed E-state index contributed by atoms with van der Waals surface area (Å²) >= 11 is 0. The van der Waals surface area contributed by atoms with Crippen molar-refractivity contribution in [2.75, 3.05) is 11.0 Å². The second-order valence-corrected chi connectivity index (χ2v) is 8.39. The van der Waals surface area contributed by atoms with Gasteiger partial charge < -0.3 is 5.11 Å². The number of fused-ring (bicyclic) bond motifs is 2. The largest absolute Gasteiger partial charge is 0.478 e. The number of aromatic carboxylic acids is 1. The minimum atomic E-state index is -3.45. The Morgan fingerprint density at radius 1 is 1.00 bits per heavy atom. The molecule has 5 rings (SSSR count). The summed E-state index contributed by atoms with van der Waals surface area (Å²) in [6.07, 6.45) is 1.06. The molecule has 0 amide bonds. The van der Waals surface area contributed by atoms with Gasteiger partial charge in [-0.05, 0) is 41.5 Å². The molecule has 0 saturated heterocycles. The van der Waals surface area contributed by atoms with Crippen molar-refractivity contribution in [1.82, 2.24) is 10.2 Å². The normalized spacial score (nSPS) is 11.5. The van der Waals surface area contributed by atoms with Crippen LogP contribution >= 0.6 is 0 Å². The molecule has 0 spiro atoms. The summed E-state index contributed by atoms with van der Waals surface area (Å²) < 4.78 is 25.5. The lowest BCUT2D eigenvalue weighted by molar-refractivity contribution is 0.0697. The lowest BCUT2D eigenvalue weighted by atomic mass is 10.0. The Balaban J connectivity index is 0.000000286. The van der Waals surface area contributed by atoms with Crippen molar-refractivity contribution < 1.29 is 18.3 Å².